The van der Waals surface area contributed by atoms with Crippen molar-refractivity contribution in [2.45, 2.75) is 25.3 Å². The minimum absolute atomic E-state index is 0.149. The van der Waals surface area contributed by atoms with Crippen LogP contribution >= 0.6 is 0 Å². The van der Waals surface area contributed by atoms with E-state index in [-0.39, 0.29) is 5.97 Å². The van der Waals surface area contributed by atoms with Crippen molar-refractivity contribution in [1.29, 1.82) is 0 Å². The highest BCUT2D eigenvalue weighted by molar-refractivity contribution is 5.84. The first kappa shape index (κ1) is 15.0. The second-order valence-corrected chi connectivity index (χ2v) is 5.51. The zero-order valence-corrected chi connectivity index (χ0v) is 12.6. The van der Waals surface area contributed by atoms with Gasteiger partial charge in [-0.1, -0.05) is 24.3 Å². The lowest BCUT2D eigenvalue weighted by Gasteiger charge is -2.30. The molecule has 20 heavy (non-hydrogen) atoms. The number of fused-ring (bicyclic) bond motifs is 1. The summed E-state index contributed by atoms with van der Waals surface area (Å²) in [4.78, 5) is 14.6. The van der Waals surface area contributed by atoms with Crippen LogP contribution < -0.4 is 5.32 Å². The highest BCUT2D eigenvalue weighted by atomic mass is 16.5. The van der Waals surface area contributed by atoms with Crippen molar-refractivity contribution < 1.29 is 9.53 Å². The number of rotatable bonds is 6. The van der Waals surface area contributed by atoms with Gasteiger partial charge in [-0.3, -0.25) is 5.32 Å². The van der Waals surface area contributed by atoms with E-state index in [9.17, 15) is 4.79 Å². The van der Waals surface area contributed by atoms with Gasteiger partial charge >= 0.3 is 5.97 Å². The van der Waals surface area contributed by atoms with Crippen LogP contribution in [-0.2, 0) is 21.5 Å². The summed E-state index contributed by atoms with van der Waals surface area (Å²) >= 11 is 0. The fourth-order valence-electron chi connectivity index (χ4n) is 2.83. The molecule has 110 valence electrons. The van der Waals surface area contributed by atoms with Crippen LogP contribution in [-0.4, -0.2) is 44.7 Å². The van der Waals surface area contributed by atoms with Crippen LogP contribution in [0.4, 0.5) is 0 Å². The zero-order chi connectivity index (χ0) is 14.6. The topological polar surface area (TPSA) is 41.6 Å². The minimum Gasteiger partial charge on any atom is -0.464 e. The van der Waals surface area contributed by atoms with Crippen LogP contribution in [0.1, 0.15) is 24.5 Å². The van der Waals surface area contributed by atoms with E-state index in [0.29, 0.717) is 6.61 Å². The Morgan fingerprint density at radius 1 is 1.40 bits per heavy atom. The number of nitrogens with zero attached hydrogens (tertiary/aromatic N) is 1. The van der Waals surface area contributed by atoms with Crippen molar-refractivity contribution in [3.63, 3.8) is 0 Å². The molecule has 1 aliphatic carbocycles. The van der Waals surface area contributed by atoms with Crippen molar-refractivity contribution in [1.82, 2.24) is 10.2 Å². The number of hydrogen-bond acceptors (Lipinski definition) is 4. The Hall–Kier alpha value is -1.39. The van der Waals surface area contributed by atoms with Gasteiger partial charge in [0.25, 0.3) is 0 Å². The molecular weight excluding hydrogens is 252 g/mol. The number of nitrogens with one attached hydrogen (secondary N) is 1. The van der Waals surface area contributed by atoms with Gasteiger partial charge in [-0.25, -0.2) is 4.79 Å². The summed E-state index contributed by atoms with van der Waals surface area (Å²) in [6, 6.07) is 8.16. The largest absolute Gasteiger partial charge is 0.464 e. The van der Waals surface area contributed by atoms with Gasteiger partial charge in [0.1, 0.15) is 5.54 Å². The quantitative estimate of drug-likeness (QED) is 0.800. The molecule has 1 N–H and O–H groups in total. The summed E-state index contributed by atoms with van der Waals surface area (Å²) in [5.74, 6) is -0.149. The molecule has 0 aliphatic heterocycles. The summed E-state index contributed by atoms with van der Waals surface area (Å²) in [6.07, 6.45) is 1.70. The highest BCUT2D eigenvalue weighted by Crippen LogP contribution is 2.37. The van der Waals surface area contributed by atoms with E-state index in [0.717, 1.165) is 31.5 Å². The number of hydrogen-bond donors (Lipinski definition) is 1. The molecule has 1 aromatic rings. The molecule has 2 rings (SSSR count). The maximum atomic E-state index is 12.5. The monoisotopic (exact) mass is 276 g/mol. The summed E-state index contributed by atoms with van der Waals surface area (Å²) < 4.78 is 5.33. The van der Waals surface area contributed by atoms with Crippen molar-refractivity contribution in [3.8, 4) is 0 Å². The van der Waals surface area contributed by atoms with Crippen LogP contribution in [0.2, 0.25) is 0 Å². The molecular formula is C16H24N2O2. The van der Waals surface area contributed by atoms with E-state index in [1.807, 2.05) is 39.2 Å². The second-order valence-electron chi connectivity index (χ2n) is 5.51. The molecule has 0 radical (unpaired) electrons. The van der Waals surface area contributed by atoms with Crippen LogP contribution in [0.3, 0.4) is 0 Å². The molecule has 4 nitrogen and oxygen atoms in total. The minimum atomic E-state index is -0.664. The van der Waals surface area contributed by atoms with Gasteiger partial charge < -0.3 is 9.64 Å². The number of carbonyl (C=O) groups is 1. The maximum absolute atomic E-state index is 12.5. The van der Waals surface area contributed by atoms with Gasteiger partial charge in [-0.2, -0.15) is 0 Å². The Morgan fingerprint density at radius 2 is 2.15 bits per heavy atom. The normalized spacial score (nSPS) is 21.0. The second kappa shape index (κ2) is 6.37. The number of carbonyl (C=O) groups excluding carboxylic acids is 1. The molecule has 0 amide bonds. The third kappa shape index (κ3) is 2.86. The highest BCUT2D eigenvalue weighted by Gasteiger charge is 2.45. The molecule has 0 heterocycles. The summed E-state index contributed by atoms with van der Waals surface area (Å²) in [6.45, 7) is 3.92. The first-order valence-electron chi connectivity index (χ1n) is 7.25. The summed E-state index contributed by atoms with van der Waals surface area (Å²) in [7, 11) is 4.06. The van der Waals surface area contributed by atoms with Crippen LogP contribution in [0, 0.1) is 0 Å². The predicted octanol–water partition coefficient (Wildman–Crippen LogP) is 1.54. The number of ether oxygens (including phenoxy) is 1. The third-order valence-electron chi connectivity index (χ3n) is 3.86. The van der Waals surface area contributed by atoms with Crippen molar-refractivity contribution in [3.05, 3.63) is 35.4 Å². The standard InChI is InChI=1S/C16H24N2O2/c1-4-20-15(19)16(17-11-12-18(2)3)10-9-13-7-5-6-8-14(13)16/h5-8,17H,4,9-12H2,1-3H3. The molecule has 0 saturated heterocycles. The molecule has 0 aromatic heterocycles. The van der Waals surface area contributed by atoms with E-state index in [1.54, 1.807) is 0 Å². The number of aryl methyl sites for hydroxylation is 1. The Kier molecular flexibility index (Phi) is 4.78. The molecule has 0 bridgehead atoms. The maximum Gasteiger partial charge on any atom is 0.331 e. The van der Waals surface area contributed by atoms with E-state index in [2.05, 4.69) is 16.3 Å². The number of benzene rings is 1. The molecule has 0 fully saturated rings. The van der Waals surface area contributed by atoms with Gasteiger partial charge in [0, 0.05) is 13.1 Å². The van der Waals surface area contributed by atoms with Gasteiger partial charge in [-0.15, -0.1) is 0 Å². The summed E-state index contributed by atoms with van der Waals surface area (Å²) in [5.41, 5.74) is 1.66. The van der Waals surface area contributed by atoms with E-state index >= 15 is 0 Å². The SMILES string of the molecule is CCOC(=O)C1(NCCN(C)C)CCc2ccccc21. The first-order valence-corrected chi connectivity index (χ1v) is 7.25. The van der Waals surface area contributed by atoms with E-state index in [1.165, 1.54) is 5.56 Å². The first-order chi connectivity index (χ1) is 9.60. The van der Waals surface area contributed by atoms with Crippen LogP contribution in [0.5, 0.6) is 0 Å². The molecule has 0 spiro atoms. The lowest BCUT2D eigenvalue weighted by Crippen LogP contribution is -2.50. The van der Waals surface area contributed by atoms with Gasteiger partial charge in [-0.05, 0) is 45.0 Å². The van der Waals surface area contributed by atoms with Gasteiger partial charge in [0.05, 0.1) is 6.61 Å². The Bertz CT molecular complexity index is 473. The third-order valence-corrected chi connectivity index (χ3v) is 3.86. The predicted molar refractivity (Wildman–Crippen MR) is 79.6 cm³/mol. The molecule has 0 saturated carbocycles. The van der Waals surface area contributed by atoms with Crippen LogP contribution in [0.25, 0.3) is 0 Å². The fourth-order valence-corrected chi connectivity index (χ4v) is 2.83. The lowest BCUT2D eigenvalue weighted by molar-refractivity contribution is -0.151. The average Bonchev–Trinajstić information content (AvgIpc) is 2.79. The average molecular weight is 276 g/mol. The molecule has 1 aromatic carbocycles. The number of likely N-dealkylation sites (N-methyl/N-ethyl adjacent to an activating group) is 1. The van der Waals surface area contributed by atoms with Crippen molar-refractivity contribution >= 4 is 5.97 Å². The zero-order valence-electron chi connectivity index (χ0n) is 12.6. The summed E-state index contributed by atoms with van der Waals surface area (Å²) in [5, 5.41) is 3.45. The van der Waals surface area contributed by atoms with Crippen molar-refractivity contribution in [2.75, 3.05) is 33.8 Å². The van der Waals surface area contributed by atoms with Crippen LogP contribution in [0.15, 0.2) is 24.3 Å². The Balaban J connectivity index is 2.24. The molecule has 4 heteroatoms. The Morgan fingerprint density at radius 3 is 2.85 bits per heavy atom. The fraction of sp³-hybridized carbons (Fsp3) is 0.562. The lowest BCUT2D eigenvalue weighted by atomic mass is 9.91. The van der Waals surface area contributed by atoms with Gasteiger partial charge in [0.15, 0.2) is 0 Å². The van der Waals surface area contributed by atoms with Gasteiger partial charge in [0.2, 0.25) is 0 Å². The number of esters is 1. The molecule has 1 unspecified atom stereocenters. The smallest absolute Gasteiger partial charge is 0.331 e. The molecule has 1 aliphatic rings. The van der Waals surface area contributed by atoms with E-state index < -0.39 is 5.54 Å². The molecule has 1 atom stereocenters. The Labute approximate surface area is 121 Å². The van der Waals surface area contributed by atoms with E-state index in [4.69, 9.17) is 4.74 Å². The van der Waals surface area contributed by atoms with Crippen molar-refractivity contribution in [2.24, 2.45) is 0 Å².